The van der Waals surface area contributed by atoms with Crippen LogP contribution in [0.4, 0.5) is 13.2 Å². The van der Waals surface area contributed by atoms with Crippen LogP contribution in [-0.4, -0.2) is 38.5 Å². The van der Waals surface area contributed by atoms with Crippen LogP contribution in [0.3, 0.4) is 0 Å². The minimum Gasteiger partial charge on any atom is -0.484 e. The summed E-state index contributed by atoms with van der Waals surface area (Å²) < 4.78 is 59.4. The van der Waals surface area contributed by atoms with Crippen LogP contribution in [-0.2, 0) is 17.8 Å². The molecule has 4 aromatic rings. The standard InChI is InChI=1S/C30H28F3N3O6/c1-17(2)40-29-34-14-21(15-35-29)27-28(19-5-8-22(9-6-19)42-30(31,32)33)41-25(36-27)16-39-23-10-11-24(18-3-4-18)20(13-23)7-12-26(37)38/h5-6,8-11,13-15,17-18H,3-4,7,12,16H2,1-2H3,(H,37,38). The molecule has 0 aliphatic heterocycles. The minimum absolute atomic E-state index is 0.0193. The highest BCUT2D eigenvalue weighted by molar-refractivity contribution is 5.76. The third-order valence-corrected chi connectivity index (χ3v) is 6.37. The Morgan fingerprint density at radius 2 is 1.74 bits per heavy atom. The smallest absolute Gasteiger partial charge is 0.484 e. The summed E-state index contributed by atoms with van der Waals surface area (Å²) in [6, 6.07) is 11.1. The Morgan fingerprint density at radius 3 is 2.36 bits per heavy atom. The maximum absolute atomic E-state index is 12.6. The van der Waals surface area contributed by atoms with Gasteiger partial charge in [-0.2, -0.15) is 0 Å². The zero-order chi connectivity index (χ0) is 29.9. The van der Waals surface area contributed by atoms with E-state index in [4.69, 9.17) is 19.0 Å². The molecule has 0 unspecified atom stereocenters. The van der Waals surface area contributed by atoms with Crippen molar-refractivity contribution in [1.29, 1.82) is 0 Å². The van der Waals surface area contributed by atoms with Gasteiger partial charge < -0.3 is 23.7 Å². The predicted octanol–water partition coefficient (Wildman–Crippen LogP) is 6.96. The van der Waals surface area contributed by atoms with E-state index in [0.717, 1.165) is 24.0 Å². The number of oxazole rings is 1. The van der Waals surface area contributed by atoms with E-state index in [1.54, 1.807) is 0 Å². The molecule has 9 nitrogen and oxygen atoms in total. The van der Waals surface area contributed by atoms with Crippen LogP contribution in [0.5, 0.6) is 17.5 Å². The number of alkyl halides is 3. The maximum Gasteiger partial charge on any atom is 0.573 e. The molecule has 42 heavy (non-hydrogen) atoms. The molecule has 5 rings (SSSR count). The molecule has 220 valence electrons. The van der Waals surface area contributed by atoms with Crippen molar-refractivity contribution in [2.75, 3.05) is 0 Å². The third kappa shape index (κ3) is 7.56. The van der Waals surface area contributed by atoms with E-state index in [1.165, 1.54) is 36.7 Å². The molecule has 0 atom stereocenters. The van der Waals surface area contributed by atoms with Crippen molar-refractivity contribution < 1.29 is 41.7 Å². The fourth-order valence-electron chi connectivity index (χ4n) is 4.40. The summed E-state index contributed by atoms with van der Waals surface area (Å²) in [6.07, 6.45) is 0.681. The number of hydrogen-bond donors (Lipinski definition) is 1. The van der Waals surface area contributed by atoms with E-state index >= 15 is 0 Å². The quantitative estimate of drug-likeness (QED) is 0.189. The number of hydrogen-bond acceptors (Lipinski definition) is 8. The second kappa shape index (κ2) is 12.1. The molecule has 2 aromatic carbocycles. The van der Waals surface area contributed by atoms with E-state index in [0.29, 0.717) is 34.9 Å². The molecule has 1 fully saturated rings. The van der Waals surface area contributed by atoms with Crippen LogP contribution < -0.4 is 14.2 Å². The summed E-state index contributed by atoms with van der Waals surface area (Å²) in [5, 5.41) is 9.15. The number of carboxylic acid groups (broad SMARTS) is 1. The average molecular weight is 584 g/mol. The van der Waals surface area contributed by atoms with Gasteiger partial charge in [-0.3, -0.25) is 4.79 Å². The van der Waals surface area contributed by atoms with E-state index in [1.807, 2.05) is 32.0 Å². The SMILES string of the molecule is CC(C)Oc1ncc(-c2nc(COc3ccc(C4CC4)c(CCC(=O)O)c3)oc2-c2ccc(OC(F)(F)F)cc2)cn1. The fraction of sp³-hybridized carbons (Fsp3) is 0.333. The zero-order valence-corrected chi connectivity index (χ0v) is 22.9. The number of benzene rings is 2. The lowest BCUT2D eigenvalue weighted by Gasteiger charge is -2.11. The van der Waals surface area contributed by atoms with Crippen molar-refractivity contribution in [2.24, 2.45) is 0 Å². The van der Waals surface area contributed by atoms with Gasteiger partial charge >= 0.3 is 18.3 Å². The van der Waals surface area contributed by atoms with E-state index in [2.05, 4.69) is 19.7 Å². The van der Waals surface area contributed by atoms with Crippen molar-refractivity contribution in [3.8, 4) is 40.1 Å². The van der Waals surface area contributed by atoms with Crippen molar-refractivity contribution in [2.45, 2.75) is 64.5 Å². The number of rotatable bonds is 12. The molecule has 0 spiro atoms. The van der Waals surface area contributed by atoms with Crippen molar-refractivity contribution in [1.82, 2.24) is 15.0 Å². The molecule has 1 saturated carbocycles. The number of aryl methyl sites for hydroxylation is 1. The molecule has 1 aliphatic rings. The van der Waals surface area contributed by atoms with Gasteiger partial charge in [-0.1, -0.05) is 6.07 Å². The zero-order valence-electron chi connectivity index (χ0n) is 22.9. The summed E-state index contributed by atoms with van der Waals surface area (Å²) in [7, 11) is 0. The lowest BCUT2D eigenvalue weighted by atomic mass is 9.99. The van der Waals surface area contributed by atoms with E-state index < -0.39 is 12.3 Å². The molecule has 12 heteroatoms. The van der Waals surface area contributed by atoms with Gasteiger partial charge in [-0.05, 0) is 86.6 Å². The summed E-state index contributed by atoms with van der Waals surface area (Å²) in [5.74, 6) is 0.229. The number of aliphatic carboxylic acids is 1. The van der Waals surface area contributed by atoms with Crippen molar-refractivity contribution in [3.63, 3.8) is 0 Å². The molecule has 2 aromatic heterocycles. The first-order chi connectivity index (χ1) is 20.0. The number of carboxylic acids is 1. The molecule has 0 bridgehead atoms. The van der Waals surface area contributed by atoms with Crippen LogP contribution in [0.15, 0.2) is 59.3 Å². The summed E-state index contributed by atoms with van der Waals surface area (Å²) >= 11 is 0. The van der Waals surface area contributed by atoms with Gasteiger partial charge in [0, 0.05) is 29.9 Å². The van der Waals surface area contributed by atoms with Gasteiger partial charge in [0.25, 0.3) is 0 Å². The average Bonchev–Trinajstić information content (AvgIpc) is 3.69. The Balaban J connectivity index is 1.41. The van der Waals surface area contributed by atoms with Gasteiger partial charge in [-0.25, -0.2) is 15.0 Å². The number of nitrogens with zero attached hydrogens (tertiary/aromatic N) is 3. The molecular formula is C30H28F3N3O6. The molecule has 0 amide bonds. The Bertz CT molecular complexity index is 1530. The third-order valence-electron chi connectivity index (χ3n) is 6.37. The lowest BCUT2D eigenvalue weighted by molar-refractivity contribution is -0.274. The second-order valence-electron chi connectivity index (χ2n) is 10.1. The first-order valence-corrected chi connectivity index (χ1v) is 13.4. The topological polar surface area (TPSA) is 117 Å². The fourth-order valence-corrected chi connectivity index (χ4v) is 4.40. The summed E-state index contributed by atoms with van der Waals surface area (Å²) in [4.78, 5) is 24.2. The van der Waals surface area contributed by atoms with E-state index in [-0.39, 0.29) is 42.5 Å². The first kappa shape index (κ1) is 28.9. The number of halogens is 3. The van der Waals surface area contributed by atoms with E-state index in [9.17, 15) is 18.0 Å². The molecule has 1 aliphatic carbocycles. The molecule has 2 heterocycles. The minimum atomic E-state index is -4.81. The van der Waals surface area contributed by atoms with Gasteiger partial charge in [0.1, 0.15) is 17.2 Å². The van der Waals surface area contributed by atoms with Gasteiger partial charge in [0.2, 0.25) is 5.89 Å². The van der Waals surface area contributed by atoms with Crippen LogP contribution in [0.2, 0.25) is 0 Å². The molecule has 1 N–H and O–H groups in total. The number of carbonyl (C=O) groups is 1. The lowest BCUT2D eigenvalue weighted by Crippen LogP contribution is -2.16. The second-order valence-corrected chi connectivity index (χ2v) is 10.1. The summed E-state index contributed by atoms with van der Waals surface area (Å²) in [6.45, 7) is 3.64. The highest BCUT2D eigenvalue weighted by Gasteiger charge is 2.31. The Kier molecular flexibility index (Phi) is 8.32. The molecular weight excluding hydrogens is 555 g/mol. The van der Waals surface area contributed by atoms with Crippen LogP contribution in [0, 0.1) is 0 Å². The van der Waals surface area contributed by atoms with Crippen molar-refractivity contribution >= 4 is 5.97 Å². The Hall–Kier alpha value is -4.61. The monoisotopic (exact) mass is 583 g/mol. The normalized spacial score (nSPS) is 13.3. The van der Waals surface area contributed by atoms with Gasteiger partial charge in [0.15, 0.2) is 12.4 Å². The highest BCUT2D eigenvalue weighted by atomic mass is 19.4. The predicted molar refractivity (Wildman–Crippen MR) is 144 cm³/mol. The largest absolute Gasteiger partial charge is 0.573 e. The van der Waals surface area contributed by atoms with Gasteiger partial charge in [0.05, 0.1) is 6.10 Å². The van der Waals surface area contributed by atoms with Crippen LogP contribution >= 0.6 is 0 Å². The Morgan fingerprint density at radius 1 is 1.05 bits per heavy atom. The van der Waals surface area contributed by atoms with Gasteiger partial charge in [-0.15, -0.1) is 13.2 Å². The molecule has 0 radical (unpaired) electrons. The van der Waals surface area contributed by atoms with Crippen LogP contribution in [0.25, 0.3) is 22.6 Å². The molecule has 0 saturated heterocycles. The van der Waals surface area contributed by atoms with Crippen LogP contribution in [0.1, 0.15) is 56.0 Å². The summed E-state index contributed by atoms with van der Waals surface area (Å²) in [5.41, 5.74) is 3.39. The maximum atomic E-state index is 12.6. The first-order valence-electron chi connectivity index (χ1n) is 13.4. The highest BCUT2D eigenvalue weighted by Crippen LogP contribution is 2.43. The Labute approximate surface area is 239 Å². The number of aromatic nitrogens is 3. The van der Waals surface area contributed by atoms with Crippen molar-refractivity contribution in [3.05, 3.63) is 71.9 Å². The number of ether oxygens (including phenoxy) is 3.